The van der Waals surface area contributed by atoms with Gasteiger partial charge in [-0.25, -0.2) is 0 Å². The SMILES string of the molecule is CN1C(=O)CCN(C(=O)CN)c2cc(Br)ccc21. The van der Waals surface area contributed by atoms with Gasteiger partial charge in [-0.2, -0.15) is 0 Å². The zero-order chi connectivity index (χ0) is 13.3. The van der Waals surface area contributed by atoms with Crippen molar-refractivity contribution >= 4 is 39.1 Å². The minimum absolute atomic E-state index is 0.00843. The Bertz CT molecular complexity index is 504. The zero-order valence-electron chi connectivity index (χ0n) is 10.0. The molecule has 0 saturated carbocycles. The van der Waals surface area contributed by atoms with Gasteiger partial charge < -0.3 is 15.5 Å². The molecule has 0 bridgehead atoms. The molecule has 18 heavy (non-hydrogen) atoms. The molecular weight excluding hydrogens is 298 g/mol. The van der Waals surface area contributed by atoms with Crippen molar-refractivity contribution < 1.29 is 9.59 Å². The van der Waals surface area contributed by atoms with Crippen LogP contribution in [0.4, 0.5) is 11.4 Å². The van der Waals surface area contributed by atoms with Gasteiger partial charge in [-0.15, -0.1) is 0 Å². The molecule has 2 N–H and O–H groups in total. The highest BCUT2D eigenvalue weighted by Gasteiger charge is 2.26. The third-order valence-electron chi connectivity index (χ3n) is 2.99. The average molecular weight is 312 g/mol. The topological polar surface area (TPSA) is 66.6 Å². The first-order valence-electron chi connectivity index (χ1n) is 5.61. The molecule has 0 aliphatic carbocycles. The number of carbonyl (C=O) groups is 2. The van der Waals surface area contributed by atoms with Gasteiger partial charge in [-0.1, -0.05) is 15.9 Å². The van der Waals surface area contributed by atoms with Gasteiger partial charge in [0.2, 0.25) is 11.8 Å². The van der Waals surface area contributed by atoms with Crippen molar-refractivity contribution in [3.63, 3.8) is 0 Å². The predicted octanol–water partition coefficient (Wildman–Crippen LogP) is 1.11. The van der Waals surface area contributed by atoms with Crippen molar-refractivity contribution in [2.75, 3.05) is 29.9 Å². The van der Waals surface area contributed by atoms with Crippen LogP contribution < -0.4 is 15.5 Å². The van der Waals surface area contributed by atoms with E-state index in [4.69, 9.17) is 5.73 Å². The van der Waals surface area contributed by atoms with E-state index in [9.17, 15) is 9.59 Å². The minimum atomic E-state index is -0.183. The summed E-state index contributed by atoms with van der Waals surface area (Å²) in [5, 5.41) is 0. The molecule has 96 valence electrons. The minimum Gasteiger partial charge on any atom is -0.322 e. The number of benzene rings is 1. The van der Waals surface area contributed by atoms with Crippen LogP contribution in [0.1, 0.15) is 6.42 Å². The summed E-state index contributed by atoms with van der Waals surface area (Å²) in [6.07, 6.45) is 0.300. The molecular formula is C12H14BrN3O2. The van der Waals surface area contributed by atoms with Gasteiger partial charge in [-0.3, -0.25) is 9.59 Å². The fraction of sp³-hybridized carbons (Fsp3) is 0.333. The number of hydrogen-bond acceptors (Lipinski definition) is 3. The number of nitrogens with zero attached hydrogens (tertiary/aromatic N) is 2. The Hall–Kier alpha value is -1.40. The van der Waals surface area contributed by atoms with E-state index < -0.39 is 0 Å². The number of nitrogens with two attached hydrogens (primary N) is 1. The van der Waals surface area contributed by atoms with Crippen molar-refractivity contribution in [3.8, 4) is 0 Å². The molecule has 0 unspecified atom stereocenters. The summed E-state index contributed by atoms with van der Waals surface area (Å²) in [7, 11) is 1.71. The Morgan fingerprint density at radius 3 is 2.83 bits per heavy atom. The molecule has 0 fully saturated rings. The molecule has 1 heterocycles. The molecule has 1 aromatic rings. The van der Waals surface area contributed by atoms with E-state index in [0.29, 0.717) is 18.7 Å². The predicted molar refractivity (Wildman–Crippen MR) is 73.6 cm³/mol. The van der Waals surface area contributed by atoms with E-state index in [1.807, 2.05) is 18.2 Å². The number of amides is 2. The molecule has 1 aliphatic heterocycles. The van der Waals surface area contributed by atoms with Gasteiger partial charge in [0, 0.05) is 24.5 Å². The second kappa shape index (κ2) is 5.07. The third kappa shape index (κ3) is 2.26. The molecule has 5 nitrogen and oxygen atoms in total. The maximum atomic E-state index is 11.9. The van der Waals surface area contributed by atoms with E-state index in [1.165, 1.54) is 0 Å². The zero-order valence-corrected chi connectivity index (χ0v) is 11.6. The van der Waals surface area contributed by atoms with Crippen LogP contribution in [0.3, 0.4) is 0 Å². The lowest BCUT2D eigenvalue weighted by Gasteiger charge is -2.23. The second-order valence-corrected chi connectivity index (χ2v) is 5.00. The average Bonchev–Trinajstić information content (AvgIpc) is 2.48. The summed E-state index contributed by atoms with van der Waals surface area (Å²) in [5.74, 6) is -0.191. The number of hydrogen-bond donors (Lipinski definition) is 1. The highest BCUT2D eigenvalue weighted by Crippen LogP contribution is 2.34. The van der Waals surface area contributed by atoms with Crippen LogP contribution in [0.5, 0.6) is 0 Å². The van der Waals surface area contributed by atoms with Crippen molar-refractivity contribution in [1.82, 2.24) is 0 Å². The third-order valence-corrected chi connectivity index (χ3v) is 3.48. The molecule has 0 aromatic heterocycles. The van der Waals surface area contributed by atoms with E-state index >= 15 is 0 Å². The smallest absolute Gasteiger partial charge is 0.240 e. The van der Waals surface area contributed by atoms with E-state index in [1.54, 1.807) is 16.8 Å². The Morgan fingerprint density at radius 1 is 1.44 bits per heavy atom. The van der Waals surface area contributed by atoms with Gasteiger partial charge >= 0.3 is 0 Å². The standard InChI is InChI=1S/C12H14BrN3O2/c1-15-9-3-2-8(13)6-10(9)16(12(18)7-14)5-4-11(15)17/h2-3,6H,4-5,7,14H2,1H3. The Balaban J connectivity index is 2.55. The molecule has 1 aromatic carbocycles. The highest BCUT2D eigenvalue weighted by atomic mass is 79.9. The van der Waals surface area contributed by atoms with Crippen molar-refractivity contribution in [2.45, 2.75) is 6.42 Å². The Morgan fingerprint density at radius 2 is 2.17 bits per heavy atom. The fourth-order valence-corrected chi connectivity index (χ4v) is 2.34. The highest BCUT2D eigenvalue weighted by molar-refractivity contribution is 9.10. The Labute approximate surface area is 114 Å². The van der Waals surface area contributed by atoms with Crippen LogP contribution in [0.25, 0.3) is 0 Å². The van der Waals surface area contributed by atoms with E-state index in [-0.39, 0.29) is 18.4 Å². The number of anilines is 2. The van der Waals surface area contributed by atoms with Crippen LogP contribution in [-0.4, -0.2) is 32.0 Å². The number of fused-ring (bicyclic) bond motifs is 1. The van der Waals surface area contributed by atoms with Gasteiger partial charge in [0.1, 0.15) is 0 Å². The number of rotatable bonds is 1. The van der Waals surface area contributed by atoms with Gasteiger partial charge in [-0.05, 0) is 18.2 Å². The molecule has 1 aliphatic rings. The van der Waals surface area contributed by atoms with E-state index in [2.05, 4.69) is 15.9 Å². The quantitative estimate of drug-likeness (QED) is 0.845. The van der Waals surface area contributed by atoms with Crippen molar-refractivity contribution in [3.05, 3.63) is 22.7 Å². The molecule has 6 heteroatoms. The lowest BCUT2D eigenvalue weighted by molar-refractivity contribution is -0.118. The summed E-state index contributed by atoms with van der Waals surface area (Å²) in [5.41, 5.74) is 6.86. The first-order chi connectivity index (χ1) is 8.54. The lowest BCUT2D eigenvalue weighted by atomic mass is 10.2. The van der Waals surface area contributed by atoms with Crippen molar-refractivity contribution in [1.29, 1.82) is 0 Å². The van der Waals surface area contributed by atoms with Crippen LogP contribution in [0.15, 0.2) is 22.7 Å². The fourth-order valence-electron chi connectivity index (χ4n) is 2.00. The van der Waals surface area contributed by atoms with Crippen molar-refractivity contribution in [2.24, 2.45) is 5.73 Å². The normalized spacial score (nSPS) is 15.4. The molecule has 2 amide bonds. The van der Waals surface area contributed by atoms with E-state index in [0.717, 1.165) is 10.2 Å². The monoisotopic (exact) mass is 311 g/mol. The number of carbonyl (C=O) groups excluding carboxylic acids is 2. The Kier molecular flexibility index (Phi) is 3.68. The van der Waals surface area contributed by atoms with Gasteiger partial charge in [0.15, 0.2) is 0 Å². The summed E-state index contributed by atoms with van der Waals surface area (Å²) >= 11 is 3.38. The van der Waals surface area contributed by atoms with Crippen LogP contribution in [0, 0.1) is 0 Å². The summed E-state index contributed by atoms with van der Waals surface area (Å²) in [6.45, 7) is 0.298. The molecule has 0 saturated heterocycles. The number of halogens is 1. The van der Waals surface area contributed by atoms with Crippen LogP contribution in [-0.2, 0) is 9.59 Å². The summed E-state index contributed by atoms with van der Waals surface area (Å²) in [6, 6.07) is 5.50. The maximum Gasteiger partial charge on any atom is 0.240 e. The van der Waals surface area contributed by atoms with Crippen LogP contribution >= 0.6 is 15.9 Å². The summed E-state index contributed by atoms with van der Waals surface area (Å²) < 4.78 is 0.860. The second-order valence-electron chi connectivity index (χ2n) is 4.09. The van der Waals surface area contributed by atoms with Gasteiger partial charge in [0.25, 0.3) is 0 Å². The molecule has 2 rings (SSSR count). The molecule has 0 radical (unpaired) electrons. The molecule has 0 atom stereocenters. The summed E-state index contributed by atoms with van der Waals surface area (Å²) in [4.78, 5) is 26.9. The van der Waals surface area contributed by atoms with Crippen LogP contribution in [0.2, 0.25) is 0 Å². The lowest BCUT2D eigenvalue weighted by Crippen LogP contribution is -2.36. The first kappa shape index (κ1) is 13.0. The van der Waals surface area contributed by atoms with Gasteiger partial charge in [0.05, 0.1) is 17.9 Å². The maximum absolute atomic E-state index is 11.9. The largest absolute Gasteiger partial charge is 0.322 e. The molecule has 0 spiro atoms. The first-order valence-corrected chi connectivity index (χ1v) is 6.40.